The Hall–Kier alpha value is -0.850. The molecule has 0 spiro atoms. The van der Waals surface area contributed by atoms with E-state index in [1.54, 1.807) is 0 Å². The van der Waals surface area contributed by atoms with Crippen LogP contribution in [0.2, 0.25) is 0 Å². The number of rotatable bonds is 5. The maximum atomic E-state index is 12.5. The second-order valence-electron chi connectivity index (χ2n) is 4.19. The van der Waals surface area contributed by atoms with Crippen molar-refractivity contribution >= 4 is 5.91 Å². The summed E-state index contributed by atoms with van der Waals surface area (Å²) in [5, 5.41) is 4.92. The molecule has 1 heterocycles. The number of piperidine rings is 1. The third kappa shape index (κ3) is 4.89. The molecule has 0 saturated carbocycles. The maximum absolute atomic E-state index is 12.5. The molecular weight excluding hydrogens is 240 g/mol. The van der Waals surface area contributed by atoms with Crippen molar-refractivity contribution in [1.82, 2.24) is 10.6 Å². The molecular formula is C10H16F4N2O. The van der Waals surface area contributed by atoms with Gasteiger partial charge in [-0.3, -0.25) is 4.79 Å². The molecule has 0 aromatic rings. The summed E-state index contributed by atoms with van der Waals surface area (Å²) >= 11 is 0. The number of carbonyl (C=O) groups excluding carboxylic acids is 1. The normalized spacial score (nSPS) is 21.6. The predicted molar refractivity (Wildman–Crippen MR) is 54.2 cm³/mol. The van der Waals surface area contributed by atoms with Gasteiger partial charge in [-0.1, -0.05) is 6.42 Å². The minimum absolute atomic E-state index is 0.0380. The first-order valence-corrected chi connectivity index (χ1v) is 5.58. The van der Waals surface area contributed by atoms with Crippen LogP contribution in [-0.2, 0) is 4.79 Å². The van der Waals surface area contributed by atoms with Crippen LogP contribution in [0.25, 0.3) is 0 Å². The Bertz CT molecular complexity index is 255. The van der Waals surface area contributed by atoms with Gasteiger partial charge >= 0.3 is 12.3 Å². The molecule has 0 bridgehead atoms. The Morgan fingerprint density at radius 1 is 1.41 bits per heavy atom. The highest BCUT2D eigenvalue weighted by Crippen LogP contribution is 2.21. The average Bonchev–Trinajstić information content (AvgIpc) is 2.28. The zero-order chi connectivity index (χ0) is 12.9. The highest BCUT2D eigenvalue weighted by atomic mass is 19.3. The van der Waals surface area contributed by atoms with Crippen molar-refractivity contribution in [1.29, 1.82) is 0 Å². The number of nitrogens with one attached hydrogen (secondary N) is 2. The molecule has 1 aliphatic heterocycles. The fraction of sp³-hybridized carbons (Fsp3) is 0.900. The lowest BCUT2D eigenvalue weighted by Gasteiger charge is -2.23. The Morgan fingerprint density at radius 2 is 2.12 bits per heavy atom. The lowest BCUT2D eigenvalue weighted by atomic mass is 10.0. The second kappa shape index (κ2) is 6.18. The third-order valence-corrected chi connectivity index (χ3v) is 2.68. The second-order valence-corrected chi connectivity index (χ2v) is 4.19. The number of alkyl halides is 4. The van der Waals surface area contributed by atoms with Crippen molar-refractivity contribution < 1.29 is 22.4 Å². The van der Waals surface area contributed by atoms with Gasteiger partial charge in [-0.05, 0) is 19.4 Å². The molecule has 0 aromatic carbocycles. The van der Waals surface area contributed by atoms with Crippen LogP contribution < -0.4 is 10.6 Å². The minimum atomic E-state index is -4.16. The summed E-state index contributed by atoms with van der Waals surface area (Å²) in [6.07, 6.45) is -0.881. The van der Waals surface area contributed by atoms with Gasteiger partial charge in [-0.25, -0.2) is 8.78 Å². The molecule has 1 rings (SSSR count). The number of amides is 1. The van der Waals surface area contributed by atoms with E-state index in [1.165, 1.54) is 0 Å². The number of carbonyl (C=O) groups is 1. The summed E-state index contributed by atoms with van der Waals surface area (Å²) in [4.78, 5) is 11.3. The maximum Gasteiger partial charge on any atom is 0.324 e. The number of hydrogen-bond donors (Lipinski definition) is 2. The molecule has 1 saturated heterocycles. The summed E-state index contributed by atoms with van der Waals surface area (Å²) in [5.41, 5.74) is 0. The van der Waals surface area contributed by atoms with Gasteiger partial charge in [-0.2, -0.15) is 8.78 Å². The van der Waals surface area contributed by atoms with E-state index in [0.717, 1.165) is 25.8 Å². The predicted octanol–water partition coefficient (Wildman–Crippen LogP) is 1.54. The Morgan fingerprint density at radius 3 is 2.65 bits per heavy atom. The van der Waals surface area contributed by atoms with Crippen LogP contribution in [0.5, 0.6) is 0 Å². The van der Waals surface area contributed by atoms with Gasteiger partial charge in [0, 0.05) is 12.5 Å². The smallest absolute Gasteiger partial charge is 0.324 e. The van der Waals surface area contributed by atoms with Crippen LogP contribution in [-0.4, -0.2) is 37.4 Å². The molecule has 1 aliphatic rings. The summed E-state index contributed by atoms with van der Waals surface area (Å²) in [6, 6.07) is -0.0380. The topological polar surface area (TPSA) is 41.1 Å². The van der Waals surface area contributed by atoms with Gasteiger partial charge < -0.3 is 10.6 Å². The summed E-state index contributed by atoms with van der Waals surface area (Å²) in [6.45, 7) is -0.513. The molecule has 1 atom stereocenters. The standard InChI is InChI=1S/C10H16F4N2O/c11-9(12)10(13,14)6-16-8(17)5-7-3-1-2-4-15-7/h7,9,15H,1-6H2,(H,16,17). The minimum Gasteiger partial charge on any atom is -0.350 e. The van der Waals surface area contributed by atoms with E-state index in [2.05, 4.69) is 5.32 Å². The summed E-state index contributed by atoms with van der Waals surface area (Å²) in [7, 11) is 0. The van der Waals surface area contributed by atoms with E-state index >= 15 is 0 Å². The van der Waals surface area contributed by atoms with E-state index < -0.39 is 24.8 Å². The lowest BCUT2D eigenvalue weighted by molar-refractivity contribution is -0.136. The van der Waals surface area contributed by atoms with Crippen LogP contribution in [0.1, 0.15) is 25.7 Å². The van der Waals surface area contributed by atoms with Crippen LogP contribution in [0.3, 0.4) is 0 Å². The van der Waals surface area contributed by atoms with Crippen molar-refractivity contribution in [3.05, 3.63) is 0 Å². The third-order valence-electron chi connectivity index (χ3n) is 2.68. The molecule has 3 nitrogen and oxygen atoms in total. The quantitative estimate of drug-likeness (QED) is 0.732. The highest BCUT2D eigenvalue weighted by Gasteiger charge is 2.40. The van der Waals surface area contributed by atoms with E-state index in [4.69, 9.17) is 0 Å². The Kier molecular flexibility index (Phi) is 5.17. The van der Waals surface area contributed by atoms with E-state index in [-0.39, 0.29) is 12.5 Å². The lowest BCUT2D eigenvalue weighted by Crippen LogP contribution is -2.44. The monoisotopic (exact) mass is 256 g/mol. The fourth-order valence-electron chi connectivity index (χ4n) is 1.69. The molecule has 0 aromatic heterocycles. The Labute approximate surface area is 96.9 Å². The van der Waals surface area contributed by atoms with E-state index in [0.29, 0.717) is 0 Å². The van der Waals surface area contributed by atoms with Gasteiger partial charge in [0.05, 0.1) is 6.54 Å². The van der Waals surface area contributed by atoms with E-state index in [1.807, 2.05) is 5.32 Å². The highest BCUT2D eigenvalue weighted by molar-refractivity contribution is 5.76. The molecule has 1 amide bonds. The molecule has 7 heteroatoms. The van der Waals surface area contributed by atoms with Crippen molar-refractivity contribution in [2.45, 2.75) is 44.1 Å². The SMILES string of the molecule is O=C(CC1CCCCN1)NCC(F)(F)C(F)F. The zero-order valence-corrected chi connectivity index (χ0v) is 9.32. The molecule has 1 unspecified atom stereocenters. The first kappa shape index (κ1) is 14.2. The first-order chi connectivity index (χ1) is 7.92. The van der Waals surface area contributed by atoms with Crippen LogP contribution >= 0.6 is 0 Å². The molecule has 17 heavy (non-hydrogen) atoms. The number of hydrogen-bond acceptors (Lipinski definition) is 2. The van der Waals surface area contributed by atoms with Crippen LogP contribution in [0.15, 0.2) is 0 Å². The molecule has 100 valence electrons. The summed E-state index contributed by atoms with van der Waals surface area (Å²) < 4.78 is 48.6. The van der Waals surface area contributed by atoms with Gasteiger partial charge in [0.2, 0.25) is 5.91 Å². The average molecular weight is 256 g/mol. The van der Waals surface area contributed by atoms with Gasteiger partial charge in [0.25, 0.3) is 0 Å². The molecule has 2 N–H and O–H groups in total. The summed E-state index contributed by atoms with van der Waals surface area (Å²) in [5.74, 6) is -4.78. The first-order valence-electron chi connectivity index (χ1n) is 5.58. The van der Waals surface area contributed by atoms with E-state index in [9.17, 15) is 22.4 Å². The van der Waals surface area contributed by atoms with Crippen molar-refractivity contribution in [2.75, 3.05) is 13.1 Å². The largest absolute Gasteiger partial charge is 0.350 e. The van der Waals surface area contributed by atoms with Crippen molar-refractivity contribution in [3.8, 4) is 0 Å². The molecule has 0 aliphatic carbocycles. The van der Waals surface area contributed by atoms with Crippen LogP contribution in [0.4, 0.5) is 17.6 Å². The van der Waals surface area contributed by atoms with Gasteiger partial charge in [0.15, 0.2) is 0 Å². The molecule has 0 radical (unpaired) electrons. The molecule has 1 fully saturated rings. The van der Waals surface area contributed by atoms with Crippen LogP contribution in [0, 0.1) is 0 Å². The van der Waals surface area contributed by atoms with Gasteiger partial charge in [0.1, 0.15) is 0 Å². The number of halogens is 4. The van der Waals surface area contributed by atoms with Crippen molar-refractivity contribution in [3.63, 3.8) is 0 Å². The fourth-order valence-corrected chi connectivity index (χ4v) is 1.69. The van der Waals surface area contributed by atoms with Gasteiger partial charge in [-0.15, -0.1) is 0 Å². The Balaban J connectivity index is 2.25. The van der Waals surface area contributed by atoms with Crippen molar-refractivity contribution in [2.24, 2.45) is 0 Å². The zero-order valence-electron chi connectivity index (χ0n) is 9.32.